The average Bonchev–Trinajstić information content (AvgIpc) is 3.28. The summed E-state index contributed by atoms with van der Waals surface area (Å²) in [7, 11) is 0. The number of rotatable bonds is 8. The smallest absolute Gasteiger partial charge is 0.326 e. The third-order valence-corrected chi connectivity index (χ3v) is 7.55. The quantitative estimate of drug-likeness (QED) is 0.483. The Hall–Kier alpha value is -3.36. The molecular formula is C29H35N3O5. The maximum atomic E-state index is 13.6. The van der Waals surface area contributed by atoms with E-state index in [1.54, 1.807) is 0 Å². The van der Waals surface area contributed by atoms with Gasteiger partial charge in [0.05, 0.1) is 11.0 Å². The van der Waals surface area contributed by atoms with E-state index in [9.17, 15) is 14.7 Å². The summed E-state index contributed by atoms with van der Waals surface area (Å²) in [6.45, 7) is 3.56. The molecule has 2 aromatic carbocycles. The van der Waals surface area contributed by atoms with E-state index in [-0.39, 0.29) is 36.1 Å². The van der Waals surface area contributed by atoms with Crippen molar-refractivity contribution in [3.63, 3.8) is 0 Å². The average molecular weight is 506 g/mol. The maximum absolute atomic E-state index is 13.6. The number of aromatic nitrogens is 2. The number of imidazole rings is 1. The SMILES string of the molecule is CCO[C@H]1OC(C(=O)N2CCC(n3c(=O)[nH]c4ccccc43)CC2)=C[C@@H](c2ccccc2)[C@H]1CCCO. The van der Waals surface area contributed by atoms with Crippen molar-refractivity contribution in [1.29, 1.82) is 0 Å². The number of ether oxygens (including phenoxy) is 2. The molecule has 8 heteroatoms. The van der Waals surface area contributed by atoms with Crippen LogP contribution in [0.3, 0.4) is 0 Å². The third-order valence-electron chi connectivity index (χ3n) is 7.55. The molecule has 0 bridgehead atoms. The van der Waals surface area contributed by atoms with Crippen molar-refractivity contribution in [2.75, 3.05) is 26.3 Å². The van der Waals surface area contributed by atoms with E-state index in [4.69, 9.17) is 9.47 Å². The van der Waals surface area contributed by atoms with Gasteiger partial charge in [-0.05, 0) is 56.4 Å². The van der Waals surface area contributed by atoms with Crippen molar-refractivity contribution in [3.05, 3.63) is 82.5 Å². The Morgan fingerprint density at radius 3 is 2.57 bits per heavy atom. The number of carbonyl (C=O) groups is 1. The van der Waals surface area contributed by atoms with E-state index in [0.29, 0.717) is 44.7 Å². The summed E-state index contributed by atoms with van der Waals surface area (Å²) in [5.74, 6) is 0.107. The molecule has 0 radical (unpaired) electrons. The largest absolute Gasteiger partial charge is 0.459 e. The maximum Gasteiger partial charge on any atom is 0.326 e. The first-order valence-electron chi connectivity index (χ1n) is 13.2. The first-order chi connectivity index (χ1) is 18.1. The summed E-state index contributed by atoms with van der Waals surface area (Å²) < 4.78 is 14.0. The standard InChI is InChI=1S/C29H35N3O5/c1-2-36-28-22(11-8-18-33)23(20-9-4-3-5-10-20)19-26(37-28)27(34)31-16-14-21(15-17-31)32-25-13-7-6-12-24(25)30-29(32)35/h3-7,9-10,12-13,19,21-23,28,33H,2,8,11,14-18H2,1H3,(H,30,35)/t22-,23+,28+/m1/s1. The molecule has 2 N–H and O–H groups in total. The summed E-state index contributed by atoms with van der Waals surface area (Å²) in [5.41, 5.74) is 2.72. The Balaban J connectivity index is 1.35. The van der Waals surface area contributed by atoms with Gasteiger partial charge >= 0.3 is 5.69 Å². The fraction of sp³-hybridized carbons (Fsp3) is 0.448. The lowest BCUT2D eigenvalue weighted by atomic mass is 9.80. The van der Waals surface area contributed by atoms with Gasteiger partial charge in [0.1, 0.15) is 0 Å². The van der Waals surface area contributed by atoms with Crippen LogP contribution in [0.25, 0.3) is 11.0 Å². The van der Waals surface area contributed by atoms with Crippen LogP contribution in [0.4, 0.5) is 0 Å². The topological polar surface area (TPSA) is 96.8 Å². The van der Waals surface area contributed by atoms with Crippen LogP contribution in [0.15, 0.2) is 71.2 Å². The Morgan fingerprint density at radius 2 is 1.84 bits per heavy atom. The Morgan fingerprint density at radius 1 is 1.11 bits per heavy atom. The predicted molar refractivity (Wildman–Crippen MR) is 141 cm³/mol. The van der Waals surface area contributed by atoms with E-state index in [2.05, 4.69) is 17.1 Å². The number of hydrogen-bond donors (Lipinski definition) is 2. The summed E-state index contributed by atoms with van der Waals surface area (Å²) in [4.78, 5) is 31.0. The van der Waals surface area contributed by atoms with Gasteiger partial charge in [-0.3, -0.25) is 9.36 Å². The molecule has 2 aliphatic heterocycles. The number of fused-ring (bicyclic) bond motifs is 1. The number of aromatic amines is 1. The van der Waals surface area contributed by atoms with Gasteiger partial charge in [0.2, 0.25) is 6.29 Å². The number of para-hydroxylation sites is 2. The molecule has 0 spiro atoms. The molecule has 3 aromatic rings. The van der Waals surface area contributed by atoms with Crippen LogP contribution in [-0.2, 0) is 14.3 Å². The van der Waals surface area contributed by atoms with Crippen molar-refractivity contribution in [2.24, 2.45) is 5.92 Å². The van der Waals surface area contributed by atoms with Gasteiger partial charge in [-0.2, -0.15) is 0 Å². The van der Waals surface area contributed by atoms with Crippen molar-refractivity contribution in [2.45, 2.75) is 50.9 Å². The second-order valence-corrected chi connectivity index (χ2v) is 9.78. The zero-order valence-electron chi connectivity index (χ0n) is 21.2. The van der Waals surface area contributed by atoms with Crippen molar-refractivity contribution in [1.82, 2.24) is 14.5 Å². The van der Waals surface area contributed by atoms with E-state index in [1.165, 1.54) is 0 Å². The molecule has 3 atom stereocenters. The summed E-state index contributed by atoms with van der Waals surface area (Å²) in [6, 6.07) is 17.8. The van der Waals surface area contributed by atoms with Gasteiger partial charge in [0, 0.05) is 44.2 Å². The van der Waals surface area contributed by atoms with Gasteiger partial charge in [0.25, 0.3) is 5.91 Å². The number of aliphatic hydroxyl groups is 1. The molecule has 2 aliphatic rings. The highest BCUT2D eigenvalue weighted by Gasteiger charge is 2.39. The number of carbonyl (C=O) groups excluding carboxylic acids is 1. The Bertz CT molecular complexity index is 1290. The first kappa shape index (κ1) is 25.3. The van der Waals surface area contributed by atoms with Gasteiger partial charge in [-0.1, -0.05) is 42.5 Å². The van der Waals surface area contributed by atoms with Crippen LogP contribution in [0.1, 0.15) is 50.1 Å². The lowest BCUT2D eigenvalue weighted by molar-refractivity contribution is -0.170. The summed E-state index contributed by atoms with van der Waals surface area (Å²) in [6.07, 6.45) is 4.12. The zero-order chi connectivity index (χ0) is 25.8. The minimum Gasteiger partial charge on any atom is -0.459 e. The minimum absolute atomic E-state index is 0.00877. The number of amides is 1. The van der Waals surface area contributed by atoms with Crippen molar-refractivity contribution >= 4 is 16.9 Å². The van der Waals surface area contributed by atoms with Gasteiger partial charge in [0.15, 0.2) is 5.76 Å². The van der Waals surface area contributed by atoms with Gasteiger partial charge in [-0.15, -0.1) is 0 Å². The lowest BCUT2D eigenvalue weighted by Gasteiger charge is -2.39. The normalized spacial score (nSPS) is 22.6. The lowest BCUT2D eigenvalue weighted by Crippen LogP contribution is -2.44. The number of aliphatic hydroxyl groups excluding tert-OH is 1. The van der Waals surface area contributed by atoms with Crippen LogP contribution in [0.2, 0.25) is 0 Å². The highest BCUT2D eigenvalue weighted by Crippen LogP contribution is 2.40. The number of hydrogen-bond acceptors (Lipinski definition) is 5. The van der Waals surface area contributed by atoms with E-state index < -0.39 is 6.29 Å². The van der Waals surface area contributed by atoms with E-state index >= 15 is 0 Å². The second kappa shape index (κ2) is 11.4. The highest BCUT2D eigenvalue weighted by molar-refractivity contribution is 5.92. The number of likely N-dealkylation sites (tertiary alicyclic amines) is 1. The molecule has 5 rings (SSSR count). The molecule has 1 fully saturated rings. The van der Waals surface area contributed by atoms with Gasteiger partial charge < -0.3 is 24.5 Å². The van der Waals surface area contributed by atoms with E-state index in [1.807, 2.05) is 64.9 Å². The number of piperidine rings is 1. The fourth-order valence-electron chi connectivity index (χ4n) is 5.73. The van der Waals surface area contributed by atoms with Crippen LogP contribution < -0.4 is 5.69 Å². The molecule has 0 saturated carbocycles. The second-order valence-electron chi connectivity index (χ2n) is 9.78. The first-order valence-corrected chi connectivity index (χ1v) is 13.2. The number of allylic oxidation sites excluding steroid dienone is 1. The van der Waals surface area contributed by atoms with Crippen LogP contribution in [0.5, 0.6) is 0 Å². The number of H-pyrrole nitrogens is 1. The minimum atomic E-state index is -0.562. The zero-order valence-corrected chi connectivity index (χ0v) is 21.2. The monoisotopic (exact) mass is 505 g/mol. The van der Waals surface area contributed by atoms with Crippen LogP contribution in [0, 0.1) is 5.92 Å². The molecule has 1 aromatic heterocycles. The van der Waals surface area contributed by atoms with Crippen LogP contribution >= 0.6 is 0 Å². The van der Waals surface area contributed by atoms with Crippen molar-refractivity contribution < 1.29 is 19.4 Å². The number of benzene rings is 2. The molecule has 0 aliphatic carbocycles. The molecule has 37 heavy (non-hydrogen) atoms. The number of nitrogens with zero attached hydrogens (tertiary/aromatic N) is 2. The summed E-state index contributed by atoms with van der Waals surface area (Å²) in [5, 5.41) is 9.46. The Labute approximate surface area is 216 Å². The molecule has 196 valence electrons. The predicted octanol–water partition coefficient (Wildman–Crippen LogP) is 3.94. The number of nitrogens with one attached hydrogen (secondary N) is 1. The molecular weight excluding hydrogens is 470 g/mol. The van der Waals surface area contributed by atoms with Gasteiger partial charge in [-0.25, -0.2) is 4.79 Å². The Kier molecular flexibility index (Phi) is 7.76. The van der Waals surface area contributed by atoms with Crippen LogP contribution in [-0.4, -0.2) is 58.1 Å². The molecule has 8 nitrogen and oxygen atoms in total. The third kappa shape index (κ3) is 5.22. The highest BCUT2D eigenvalue weighted by atomic mass is 16.7. The van der Waals surface area contributed by atoms with E-state index in [0.717, 1.165) is 23.0 Å². The molecule has 1 saturated heterocycles. The summed E-state index contributed by atoms with van der Waals surface area (Å²) >= 11 is 0. The molecule has 1 amide bonds. The molecule has 3 heterocycles. The fourth-order valence-corrected chi connectivity index (χ4v) is 5.73. The van der Waals surface area contributed by atoms with Crippen molar-refractivity contribution in [3.8, 4) is 0 Å². The molecule has 0 unspecified atom stereocenters.